The standard InChI is InChI=1S/C15H14ClN3O5S/c16-4-9-1-8(2-10-6-23-7-24-13(9)10)5-17-19-15-18-14(22)11(25-15)3-12(20)21/h1-2,5,11H,3-4,6-7H2,(H,20,21)(H,18,19,22). The molecule has 1 aromatic rings. The van der Waals surface area contributed by atoms with E-state index in [1.54, 1.807) is 0 Å². The molecule has 2 aliphatic heterocycles. The molecule has 1 unspecified atom stereocenters. The summed E-state index contributed by atoms with van der Waals surface area (Å²) < 4.78 is 10.7. The molecule has 1 fully saturated rings. The molecule has 2 aliphatic rings. The average molecular weight is 384 g/mol. The number of aliphatic carboxylic acids is 1. The van der Waals surface area contributed by atoms with Crippen LogP contribution >= 0.6 is 23.4 Å². The van der Waals surface area contributed by atoms with Gasteiger partial charge in [0.1, 0.15) is 11.0 Å². The third kappa shape index (κ3) is 4.30. The molecule has 10 heteroatoms. The van der Waals surface area contributed by atoms with Gasteiger partial charge >= 0.3 is 5.97 Å². The number of carboxylic acid groups (broad SMARTS) is 1. The Balaban J connectivity index is 1.72. The molecule has 1 saturated heterocycles. The SMILES string of the molecule is O=C(O)CC1SC(=NN=Cc2cc(CCl)c3c(c2)COCO3)NC1=O. The number of ether oxygens (including phenoxy) is 2. The van der Waals surface area contributed by atoms with Crippen LogP contribution in [0.25, 0.3) is 0 Å². The smallest absolute Gasteiger partial charge is 0.305 e. The normalized spacial score (nSPS) is 21.2. The molecule has 2 N–H and O–H groups in total. The Kier molecular flexibility index (Phi) is 5.57. The van der Waals surface area contributed by atoms with Crippen LogP contribution < -0.4 is 10.1 Å². The molecule has 25 heavy (non-hydrogen) atoms. The van der Waals surface area contributed by atoms with Crippen LogP contribution in [0.1, 0.15) is 23.1 Å². The van der Waals surface area contributed by atoms with Crippen molar-refractivity contribution >= 4 is 46.6 Å². The third-order valence-corrected chi connectivity index (χ3v) is 4.81. The Morgan fingerprint density at radius 3 is 3.12 bits per heavy atom. The van der Waals surface area contributed by atoms with Crippen molar-refractivity contribution < 1.29 is 24.2 Å². The molecule has 8 nitrogen and oxygen atoms in total. The number of hydrogen-bond acceptors (Lipinski definition) is 7. The van der Waals surface area contributed by atoms with E-state index in [2.05, 4.69) is 15.5 Å². The molecule has 3 rings (SSSR count). The zero-order valence-electron chi connectivity index (χ0n) is 12.9. The van der Waals surface area contributed by atoms with Gasteiger partial charge in [-0.25, -0.2) is 0 Å². The van der Waals surface area contributed by atoms with E-state index >= 15 is 0 Å². The van der Waals surface area contributed by atoms with Gasteiger partial charge in [0.05, 0.1) is 25.1 Å². The van der Waals surface area contributed by atoms with Gasteiger partial charge in [0.25, 0.3) is 0 Å². The van der Waals surface area contributed by atoms with Gasteiger partial charge in [0, 0.05) is 11.1 Å². The number of amides is 1. The van der Waals surface area contributed by atoms with E-state index in [0.717, 1.165) is 34.2 Å². The second kappa shape index (κ2) is 7.85. The number of carbonyl (C=O) groups excluding carboxylic acids is 1. The summed E-state index contributed by atoms with van der Waals surface area (Å²) in [5.41, 5.74) is 2.48. The summed E-state index contributed by atoms with van der Waals surface area (Å²) in [5.74, 6) is -0.389. The van der Waals surface area contributed by atoms with Crippen molar-refractivity contribution in [2.75, 3.05) is 6.79 Å². The highest BCUT2D eigenvalue weighted by Crippen LogP contribution is 2.30. The van der Waals surface area contributed by atoms with Crippen molar-refractivity contribution in [1.29, 1.82) is 0 Å². The number of hydrogen-bond donors (Lipinski definition) is 2. The lowest BCUT2D eigenvalue weighted by Gasteiger charge is -2.20. The van der Waals surface area contributed by atoms with Gasteiger partial charge in [-0.2, -0.15) is 5.10 Å². The first-order valence-electron chi connectivity index (χ1n) is 7.29. The first kappa shape index (κ1) is 17.7. The van der Waals surface area contributed by atoms with Gasteiger partial charge in [0.15, 0.2) is 12.0 Å². The van der Waals surface area contributed by atoms with Crippen molar-refractivity contribution in [2.45, 2.75) is 24.2 Å². The number of halogens is 1. The Labute approximate surface area is 152 Å². The number of nitrogens with zero attached hydrogens (tertiary/aromatic N) is 2. The summed E-state index contributed by atoms with van der Waals surface area (Å²) in [6.45, 7) is 0.630. The number of nitrogens with one attached hydrogen (secondary N) is 1. The van der Waals surface area contributed by atoms with E-state index < -0.39 is 11.2 Å². The van der Waals surface area contributed by atoms with Gasteiger partial charge in [0.2, 0.25) is 5.91 Å². The summed E-state index contributed by atoms with van der Waals surface area (Å²) in [7, 11) is 0. The molecule has 0 aliphatic carbocycles. The number of carbonyl (C=O) groups is 2. The van der Waals surface area contributed by atoms with E-state index in [1.807, 2.05) is 12.1 Å². The minimum atomic E-state index is -1.04. The first-order chi connectivity index (χ1) is 12.1. The Bertz CT molecular complexity index is 751. The van der Waals surface area contributed by atoms with Crippen LogP contribution in [0, 0.1) is 0 Å². The fourth-order valence-corrected chi connectivity index (χ4v) is 3.51. The van der Waals surface area contributed by atoms with E-state index in [1.165, 1.54) is 6.21 Å². The highest BCUT2D eigenvalue weighted by atomic mass is 35.5. The zero-order valence-corrected chi connectivity index (χ0v) is 14.5. The van der Waals surface area contributed by atoms with Gasteiger partial charge in [-0.1, -0.05) is 11.8 Å². The number of benzene rings is 1. The minimum absolute atomic E-state index is 0.201. The molecule has 1 atom stereocenters. The van der Waals surface area contributed by atoms with Gasteiger partial charge in [-0.3, -0.25) is 9.59 Å². The number of fused-ring (bicyclic) bond motifs is 1. The second-order valence-corrected chi connectivity index (χ2v) is 6.71. The van der Waals surface area contributed by atoms with Crippen molar-refractivity contribution in [1.82, 2.24) is 5.32 Å². The Hall–Kier alpha value is -2.10. The van der Waals surface area contributed by atoms with Crippen LogP contribution in [-0.2, 0) is 26.8 Å². The molecule has 1 aromatic carbocycles. The second-order valence-electron chi connectivity index (χ2n) is 5.26. The Morgan fingerprint density at radius 1 is 1.52 bits per heavy atom. The predicted molar refractivity (Wildman–Crippen MR) is 93.1 cm³/mol. The monoisotopic (exact) mass is 383 g/mol. The lowest BCUT2D eigenvalue weighted by Crippen LogP contribution is -2.26. The van der Waals surface area contributed by atoms with Gasteiger partial charge < -0.3 is 19.9 Å². The Morgan fingerprint density at radius 2 is 2.36 bits per heavy atom. The molecular weight excluding hydrogens is 370 g/mol. The maximum absolute atomic E-state index is 11.6. The summed E-state index contributed by atoms with van der Waals surface area (Å²) in [4.78, 5) is 22.3. The summed E-state index contributed by atoms with van der Waals surface area (Å²) >= 11 is 7.00. The number of amidine groups is 1. The van der Waals surface area contributed by atoms with Crippen molar-refractivity contribution in [2.24, 2.45) is 10.2 Å². The van der Waals surface area contributed by atoms with Crippen LogP contribution in [0.15, 0.2) is 22.3 Å². The van der Waals surface area contributed by atoms with Crippen LogP contribution in [0.4, 0.5) is 0 Å². The van der Waals surface area contributed by atoms with Crippen LogP contribution in [0.3, 0.4) is 0 Å². The lowest BCUT2D eigenvalue weighted by molar-refractivity contribution is -0.138. The molecule has 0 saturated carbocycles. The maximum atomic E-state index is 11.6. The summed E-state index contributed by atoms with van der Waals surface area (Å²) in [6.07, 6.45) is 1.26. The maximum Gasteiger partial charge on any atom is 0.305 e. The predicted octanol–water partition coefficient (Wildman–Crippen LogP) is 1.69. The number of rotatable bonds is 5. The largest absolute Gasteiger partial charge is 0.481 e. The van der Waals surface area contributed by atoms with Gasteiger partial charge in [-0.15, -0.1) is 16.7 Å². The fraction of sp³-hybridized carbons (Fsp3) is 0.333. The van der Waals surface area contributed by atoms with Crippen LogP contribution in [0.2, 0.25) is 0 Å². The summed E-state index contributed by atoms with van der Waals surface area (Å²) in [5, 5.41) is 18.7. The quantitative estimate of drug-likeness (QED) is 0.455. The fourth-order valence-electron chi connectivity index (χ4n) is 2.39. The molecular formula is C15H14ClN3O5S. The molecule has 0 aromatic heterocycles. The lowest BCUT2D eigenvalue weighted by atomic mass is 10.1. The molecule has 0 radical (unpaired) electrons. The van der Waals surface area contributed by atoms with Gasteiger partial charge in [-0.05, 0) is 17.7 Å². The third-order valence-electron chi connectivity index (χ3n) is 3.45. The highest BCUT2D eigenvalue weighted by Gasteiger charge is 2.32. The van der Waals surface area contributed by atoms with E-state index in [4.69, 9.17) is 26.2 Å². The number of thioether (sulfide) groups is 1. The van der Waals surface area contributed by atoms with Crippen molar-refractivity contribution in [3.8, 4) is 5.75 Å². The molecule has 132 valence electrons. The average Bonchev–Trinajstić information content (AvgIpc) is 2.93. The summed E-state index contributed by atoms with van der Waals surface area (Å²) in [6, 6.07) is 3.70. The van der Waals surface area contributed by atoms with E-state index in [-0.39, 0.29) is 24.3 Å². The molecule has 0 bridgehead atoms. The minimum Gasteiger partial charge on any atom is -0.481 e. The molecule has 0 spiro atoms. The highest BCUT2D eigenvalue weighted by molar-refractivity contribution is 8.15. The van der Waals surface area contributed by atoms with Crippen molar-refractivity contribution in [3.63, 3.8) is 0 Å². The molecule has 2 heterocycles. The van der Waals surface area contributed by atoms with E-state index in [9.17, 15) is 9.59 Å². The van der Waals surface area contributed by atoms with Crippen molar-refractivity contribution in [3.05, 3.63) is 28.8 Å². The topological polar surface area (TPSA) is 110 Å². The van der Waals surface area contributed by atoms with Crippen LogP contribution in [-0.4, -0.2) is 40.4 Å². The number of carboxylic acids is 1. The zero-order chi connectivity index (χ0) is 17.8. The van der Waals surface area contributed by atoms with Crippen LogP contribution in [0.5, 0.6) is 5.75 Å². The number of alkyl halides is 1. The molecule has 1 amide bonds. The first-order valence-corrected chi connectivity index (χ1v) is 8.71. The van der Waals surface area contributed by atoms with E-state index in [0.29, 0.717) is 12.5 Å².